The van der Waals surface area contributed by atoms with E-state index >= 15 is 0 Å². The molecule has 0 bridgehead atoms. The zero-order valence-electron chi connectivity index (χ0n) is 18.5. The molecular formula is C28H26N2Si. The third kappa shape index (κ3) is 3.55. The van der Waals surface area contributed by atoms with Crippen molar-refractivity contribution in [1.29, 1.82) is 0 Å². The molecule has 2 nitrogen and oxygen atoms in total. The minimum absolute atomic E-state index is 0.974. The van der Waals surface area contributed by atoms with E-state index in [-0.39, 0.29) is 0 Å². The van der Waals surface area contributed by atoms with Gasteiger partial charge in [0, 0.05) is 10.9 Å². The predicted octanol–water partition coefficient (Wildman–Crippen LogP) is 6.97. The Morgan fingerprint density at radius 1 is 0.677 bits per heavy atom. The molecule has 0 unspecified atom stereocenters. The molecule has 0 saturated carbocycles. The third-order valence-corrected chi connectivity index (χ3v) is 8.22. The topological polar surface area (TPSA) is 25.8 Å². The Bertz CT molecular complexity index is 1430. The molecule has 0 spiro atoms. The molecule has 1 aromatic heterocycles. The lowest BCUT2D eigenvalue weighted by molar-refractivity contribution is 1.22. The van der Waals surface area contributed by atoms with Gasteiger partial charge in [-0.25, -0.2) is 9.97 Å². The molecule has 152 valence electrons. The van der Waals surface area contributed by atoms with Crippen LogP contribution in [0.4, 0.5) is 0 Å². The Labute approximate surface area is 184 Å². The predicted molar refractivity (Wildman–Crippen MR) is 136 cm³/mol. The van der Waals surface area contributed by atoms with Gasteiger partial charge >= 0.3 is 0 Å². The number of aryl methyl sites for hydroxylation is 1. The summed E-state index contributed by atoms with van der Waals surface area (Å²) in [6.07, 6.45) is 1.69. The van der Waals surface area contributed by atoms with Crippen molar-refractivity contribution in [3.05, 3.63) is 90.8 Å². The van der Waals surface area contributed by atoms with Crippen molar-refractivity contribution in [3.63, 3.8) is 0 Å². The van der Waals surface area contributed by atoms with Crippen LogP contribution in [-0.4, -0.2) is 18.0 Å². The van der Waals surface area contributed by atoms with Gasteiger partial charge < -0.3 is 0 Å². The quantitative estimate of drug-likeness (QED) is 0.296. The van der Waals surface area contributed by atoms with Gasteiger partial charge in [0.25, 0.3) is 0 Å². The van der Waals surface area contributed by atoms with Crippen LogP contribution in [0.15, 0.2) is 85.2 Å². The number of hydrogen-bond donors (Lipinski definition) is 0. The van der Waals surface area contributed by atoms with Crippen LogP contribution in [0.2, 0.25) is 19.6 Å². The smallest absolute Gasteiger partial charge is 0.116 e. The molecule has 0 aliphatic rings. The third-order valence-electron chi connectivity index (χ3n) is 6.05. The fraction of sp³-hybridized carbons (Fsp3) is 0.143. The molecule has 1 heterocycles. The molecule has 3 heteroatoms. The zero-order chi connectivity index (χ0) is 21.6. The van der Waals surface area contributed by atoms with Crippen LogP contribution in [0.3, 0.4) is 0 Å². The monoisotopic (exact) mass is 418 g/mol. The van der Waals surface area contributed by atoms with Gasteiger partial charge in [-0.1, -0.05) is 91.1 Å². The second kappa shape index (κ2) is 7.43. The van der Waals surface area contributed by atoms with E-state index in [4.69, 9.17) is 0 Å². The Morgan fingerprint density at radius 2 is 1.45 bits per heavy atom. The summed E-state index contributed by atoms with van der Waals surface area (Å²) in [5.41, 5.74) is 6.90. The van der Waals surface area contributed by atoms with Crippen molar-refractivity contribution in [2.45, 2.75) is 26.6 Å². The van der Waals surface area contributed by atoms with Gasteiger partial charge in [-0.05, 0) is 47.0 Å². The Balaban J connectivity index is 1.64. The first-order chi connectivity index (χ1) is 14.9. The lowest BCUT2D eigenvalue weighted by Crippen LogP contribution is -2.39. The van der Waals surface area contributed by atoms with Gasteiger partial charge in [0.2, 0.25) is 0 Å². The molecule has 4 aromatic carbocycles. The van der Waals surface area contributed by atoms with Crippen molar-refractivity contribution in [1.82, 2.24) is 9.97 Å². The lowest BCUT2D eigenvalue weighted by Gasteiger charge is -2.20. The van der Waals surface area contributed by atoms with E-state index in [1.165, 1.54) is 32.6 Å². The van der Waals surface area contributed by atoms with Gasteiger partial charge in [-0.15, -0.1) is 0 Å². The molecule has 0 atom stereocenters. The molecule has 0 saturated heterocycles. The molecule has 0 aliphatic heterocycles. The molecule has 5 rings (SSSR count). The van der Waals surface area contributed by atoms with Crippen molar-refractivity contribution in [2.24, 2.45) is 0 Å². The van der Waals surface area contributed by atoms with E-state index < -0.39 is 8.07 Å². The second-order valence-electron chi connectivity index (χ2n) is 9.26. The number of rotatable bonds is 3. The van der Waals surface area contributed by atoms with E-state index in [0.717, 1.165) is 22.2 Å². The van der Waals surface area contributed by atoms with Crippen molar-refractivity contribution >= 4 is 34.9 Å². The second-order valence-corrected chi connectivity index (χ2v) is 14.3. The van der Waals surface area contributed by atoms with Gasteiger partial charge in [0.05, 0.1) is 19.3 Å². The molecular weight excluding hydrogens is 392 g/mol. The highest BCUT2D eigenvalue weighted by Gasteiger charge is 2.19. The number of hydrogen-bond acceptors (Lipinski definition) is 2. The molecule has 0 amide bonds. The Kier molecular flexibility index (Phi) is 4.71. The number of nitrogens with zero attached hydrogens (tertiary/aromatic N) is 2. The van der Waals surface area contributed by atoms with Crippen molar-refractivity contribution in [2.75, 3.05) is 0 Å². The highest BCUT2D eigenvalue weighted by Crippen LogP contribution is 2.33. The average molecular weight is 419 g/mol. The van der Waals surface area contributed by atoms with E-state index in [1.807, 2.05) is 0 Å². The minimum Gasteiger partial charge on any atom is -0.236 e. The summed E-state index contributed by atoms with van der Waals surface area (Å²) in [7, 11) is -1.36. The fourth-order valence-electron chi connectivity index (χ4n) is 4.58. The van der Waals surface area contributed by atoms with Gasteiger partial charge in [0.15, 0.2) is 0 Å². The molecule has 31 heavy (non-hydrogen) atoms. The highest BCUT2D eigenvalue weighted by molar-refractivity contribution is 6.89. The van der Waals surface area contributed by atoms with Crippen LogP contribution in [0, 0.1) is 6.92 Å². The van der Waals surface area contributed by atoms with E-state index in [1.54, 1.807) is 6.33 Å². The Hall–Kier alpha value is -3.30. The first-order valence-electron chi connectivity index (χ1n) is 10.8. The van der Waals surface area contributed by atoms with E-state index in [9.17, 15) is 0 Å². The summed E-state index contributed by atoms with van der Waals surface area (Å²) in [6, 6.07) is 28.4. The number of benzene rings is 4. The van der Waals surface area contributed by atoms with Gasteiger partial charge in [0.1, 0.15) is 6.33 Å². The summed E-state index contributed by atoms with van der Waals surface area (Å²) in [5.74, 6) is 0. The molecule has 5 aromatic rings. The summed E-state index contributed by atoms with van der Waals surface area (Å²) in [6.45, 7) is 9.40. The highest BCUT2D eigenvalue weighted by atomic mass is 28.3. The number of aromatic nitrogens is 2. The molecule has 0 radical (unpaired) electrons. The standard InChI is InChI=1S/C28H26N2Si/c1-19-16-22(13-15-27(19)31(2,3)4)28-25-14-12-21(17-26(25)29-18-30-28)24-11-7-9-20-8-5-6-10-23(20)24/h5-18H,1-4H3. The maximum Gasteiger partial charge on any atom is 0.116 e. The fourth-order valence-corrected chi connectivity index (χ4v) is 6.42. The Morgan fingerprint density at radius 3 is 2.26 bits per heavy atom. The summed E-state index contributed by atoms with van der Waals surface area (Å²) < 4.78 is 0. The largest absolute Gasteiger partial charge is 0.236 e. The van der Waals surface area contributed by atoms with Gasteiger partial charge in [-0.3, -0.25) is 0 Å². The minimum atomic E-state index is -1.36. The first kappa shape index (κ1) is 19.6. The maximum atomic E-state index is 4.66. The van der Waals surface area contributed by atoms with Crippen LogP contribution in [0.1, 0.15) is 5.56 Å². The van der Waals surface area contributed by atoms with Crippen LogP contribution >= 0.6 is 0 Å². The van der Waals surface area contributed by atoms with Crippen LogP contribution < -0.4 is 5.19 Å². The molecule has 0 fully saturated rings. The van der Waals surface area contributed by atoms with E-state index in [0.29, 0.717) is 0 Å². The number of fused-ring (bicyclic) bond motifs is 2. The summed E-state index contributed by atoms with van der Waals surface area (Å²) in [4.78, 5) is 9.27. The normalized spacial score (nSPS) is 11.9. The van der Waals surface area contributed by atoms with Crippen LogP contribution in [0.5, 0.6) is 0 Å². The SMILES string of the molecule is Cc1cc(-c2ncnc3cc(-c4cccc5ccccc45)ccc23)ccc1[Si](C)(C)C. The van der Waals surface area contributed by atoms with Crippen LogP contribution in [-0.2, 0) is 0 Å². The van der Waals surface area contributed by atoms with Gasteiger partial charge in [-0.2, -0.15) is 0 Å². The average Bonchev–Trinajstić information content (AvgIpc) is 2.77. The molecule has 0 aliphatic carbocycles. The summed E-state index contributed by atoms with van der Waals surface area (Å²) >= 11 is 0. The van der Waals surface area contributed by atoms with Crippen molar-refractivity contribution in [3.8, 4) is 22.4 Å². The van der Waals surface area contributed by atoms with E-state index in [2.05, 4.69) is 115 Å². The molecule has 0 N–H and O–H groups in total. The summed E-state index contributed by atoms with van der Waals surface area (Å²) in [5, 5.41) is 5.11. The zero-order valence-corrected chi connectivity index (χ0v) is 19.5. The van der Waals surface area contributed by atoms with Crippen molar-refractivity contribution < 1.29 is 0 Å². The van der Waals surface area contributed by atoms with Crippen LogP contribution in [0.25, 0.3) is 44.1 Å². The first-order valence-corrected chi connectivity index (χ1v) is 14.3. The lowest BCUT2D eigenvalue weighted by atomic mass is 9.96. The maximum absolute atomic E-state index is 4.66.